The van der Waals surface area contributed by atoms with Gasteiger partial charge in [-0.1, -0.05) is 12.1 Å². The van der Waals surface area contributed by atoms with Crippen LogP contribution in [0.25, 0.3) is 0 Å². The molecule has 0 aliphatic rings. The number of methoxy groups -OCH3 is 1. The fraction of sp³-hybridized carbons (Fsp3) is 0.700. The molecule has 0 amide bonds. The third-order valence-electron chi connectivity index (χ3n) is 2.25. The van der Waals surface area contributed by atoms with E-state index < -0.39 is 5.97 Å². The van der Waals surface area contributed by atoms with Gasteiger partial charge in [0.2, 0.25) is 0 Å². The molecule has 0 atom stereocenters. The van der Waals surface area contributed by atoms with Gasteiger partial charge in [-0.05, 0) is 6.42 Å². The highest BCUT2D eigenvalue weighted by atomic mass is 16.5. The number of ether oxygens (including phenoxy) is 2. The van der Waals surface area contributed by atoms with Crippen molar-refractivity contribution in [1.82, 2.24) is 15.0 Å². The summed E-state index contributed by atoms with van der Waals surface area (Å²) < 4.78 is 11.7. The second-order valence-electron chi connectivity index (χ2n) is 3.37. The molecule has 0 fully saturated rings. The third kappa shape index (κ3) is 3.79. The summed E-state index contributed by atoms with van der Waals surface area (Å²) in [6.07, 6.45) is 0.576. The molecular formula is C10H17N3O4. The predicted octanol–water partition coefficient (Wildman–Crippen LogP) is 0.202. The van der Waals surface area contributed by atoms with Crippen LogP contribution in [0.4, 0.5) is 0 Å². The highest BCUT2D eigenvalue weighted by Gasteiger charge is 2.16. The van der Waals surface area contributed by atoms with Crippen molar-refractivity contribution >= 4 is 5.97 Å². The van der Waals surface area contributed by atoms with Crippen LogP contribution in [-0.2, 0) is 22.4 Å². The van der Waals surface area contributed by atoms with Gasteiger partial charge in [0.05, 0.1) is 32.1 Å². The SMILES string of the molecule is CCc1c(C(=O)O)nnn1CCOCCOC. The Morgan fingerprint density at radius 1 is 1.41 bits per heavy atom. The van der Waals surface area contributed by atoms with Crippen LogP contribution >= 0.6 is 0 Å². The van der Waals surface area contributed by atoms with Crippen molar-refractivity contribution in [3.63, 3.8) is 0 Å². The summed E-state index contributed by atoms with van der Waals surface area (Å²) in [5, 5.41) is 16.3. The Labute approximate surface area is 99.3 Å². The first kappa shape index (κ1) is 13.6. The Kier molecular flexibility index (Phi) is 5.58. The molecule has 7 heteroatoms. The van der Waals surface area contributed by atoms with Gasteiger partial charge >= 0.3 is 5.97 Å². The highest BCUT2D eigenvalue weighted by molar-refractivity contribution is 5.86. The number of carboxylic acids is 1. The minimum atomic E-state index is -1.05. The predicted molar refractivity (Wildman–Crippen MR) is 59.1 cm³/mol. The molecule has 17 heavy (non-hydrogen) atoms. The molecule has 0 aliphatic heterocycles. The van der Waals surface area contributed by atoms with E-state index in [9.17, 15) is 4.79 Å². The van der Waals surface area contributed by atoms with Gasteiger partial charge in [0.1, 0.15) is 0 Å². The number of carboxylic acid groups (broad SMARTS) is 1. The first-order chi connectivity index (χ1) is 8.20. The van der Waals surface area contributed by atoms with Crippen LogP contribution in [0.2, 0.25) is 0 Å². The van der Waals surface area contributed by atoms with Crippen LogP contribution in [0, 0.1) is 0 Å². The summed E-state index contributed by atoms with van der Waals surface area (Å²) in [4.78, 5) is 10.8. The lowest BCUT2D eigenvalue weighted by atomic mass is 10.2. The van der Waals surface area contributed by atoms with Gasteiger partial charge in [-0.3, -0.25) is 0 Å². The summed E-state index contributed by atoms with van der Waals surface area (Å²) in [7, 11) is 1.61. The molecule has 0 spiro atoms. The molecular weight excluding hydrogens is 226 g/mol. The summed E-state index contributed by atoms with van der Waals surface area (Å²) in [5.41, 5.74) is 0.636. The molecule has 1 N–H and O–H groups in total. The number of aromatic nitrogens is 3. The maximum absolute atomic E-state index is 10.8. The number of carbonyl (C=O) groups is 1. The zero-order valence-electron chi connectivity index (χ0n) is 10.0. The molecule has 0 aliphatic carbocycles. The number of hydrogen-bond acceptors (Lipinski definition) is 5. The smallest absolute Gasteiger partial charge is 0.358 e. The van der Waals surface area contributed by atoms with Crippen molar-refractivity contribution in [1.29, 1.82) is 0 Å². The molecule has 0 saturated carbocycles. The number of rotatable bonds is 8. The van der Waals surface area contributed by atoms with Crippen LogP contribution in [0.5, 0.6) is 0 Å². The zero-order chi connectivity index (χ0) is 12.7. The largest absolute Gasteiger partial charge is 0.476 e. The summed E-state index contributed by atoms with van der Waals surface area (Å²) in [6, 6.07) is 0. The molecule has 0 aromatic carbocycles. The quantitative estimate of drug-likeness (QED) is 0.656. The van der Waals surface area contributed by atoms with Crippen LogP contribution in [0.1, 0.15) is 23.1 Å². The number of aromatic carboxylic acids is 1. The average molecular weight is 243 g/mol. The molecule has 96 valence electrons. The normalized spacial score (nSPS) is 10.7. The molecule has 1 heterocycles. The van der Waals surface area contributed by atoms with Crippen LogP contribution in [0.15, 0.2) is 0 Å². The Morgan fingerprint density at radius 2 is 2.18 bits per heavy atom. The topological polar surface area (TPSA) is 86.5 Å². The summed E-state index contributed by atoms with van der Waals surface area (Å²) in [6.45, 7) is 3.87. The van der Waals surface area contributed by atoms with Crippen LogP contribution in [0.3, 0.4) is 0 Å². The lowest BCUT2D eigenvalue weighted by molar-refractivity contribution is 0.0648. The molecule has 0 unspecified atom stereocenters. The molecule has 0 bridgehead atoms. The summed E-state index contributed by atoms with van der Waals surface area (Å²) >= 11 is 0. The van der Waals surface area contributed by atoms with Gasteiger partial charge in [0, 0.05) is 7.11 Å². The molecule has 0 saturated heterocycles. The van der Waals surface area contributed by atoms with Gasteiger partial charge in [-0.2, -0.15) is 0 Å². The van der Waals surface area contributed by atoms with E-state index in [1.807, 2.05) is 6.92 Å². The lowest BCUT2D eigenvalue weighted by Gasteiger charge is -2.06. The number of hydrogen-bond donors (Lipinski definition) is 1. The van der Waals surface area contributed by atoms with E-state index >= 15 is 0 Å². The van der Waals surface area contributed by atoms with Gasteiger partial charge < -0.3 is 14.6 Å². The molecule has 1 rings (SSSR count). The zero-order valence-corrected chi connectivity index (χ0v) is 10.0. The lowest BCUT2D eigenvalue weighted by Crippen LogP contribution is -2.13. The molecule has 1 aromatic heterocycles. The van der Waals surface area contributed by atoms with E-state index in [-0.39, 0.29) is 5.69 Å². The van der Waals surface area contributed by atoms with E-state index in [2.05, 4.69) is 10.3 Å². The maximum atomic E-state index is 10.8. The van der Waals surface area contributed by atoms with Crippen molar-refractivity contribution in [3.05, 3.63) is 11.4 Å². The van der Waals surface area contributed by atoms with Gasteiger partial charge in [-0.25, -0.2) is 9.48 Å². The standard InChI is InChI=1S/C10H17N3O4/c1-3-8-9(10(14)15)11-12-13(8)4-5-17-7-6-16-2/h3-7H2,1-2H3,(H,14,15). The number of nitrogens with zero attached hydrogens (tertiary/aromatic N) is 3. The van der Waals surface area contributed by atoms with E-state index in [4.69, 9.17) is 14.6 Å². The van der Waals surface area contributed by atoms with Gasteiger partial charge in [-0.15, -0.1) is 5.10 Å². The molecule has 1 aromatic rings. The Morgan fingerprint density at radius 3 is 2.76 bits per heavy atom. The second-order valence-corrected chi connectivity index (χ2v) is 3.37. The highest BCUT2D eigenvalue weighted by Crippen LogP contribution is 2.06. The monoisotopic (exact) mass is 243 g/mol. The van der Waals surface area contributed by atoms with Crippen LogP contribution in [-0.4, -0.2) is 53.0 Å². The van der Waals surface area contributed by atoms with Crippen LogP contribution < -0.4 is 0 Å². The van der Waals surface area contributed by atoms with E-state index in [1.54, 1.807) is 11.8 Å². The van der Waals surface area contributed by atoms with E-state index in [1.165, 1.54) is 0 Å². The first-order valence-corrected chi connectivity index (χ1v) is 5.43. The first-order valence-electron chi connectivity index (χ1n) is 5.43. The van der Waals surface area contributed by atoms with Crippen molar-refractivity contribution in [3.8, 4) is 0 Å². The van der Waals surface area contributed by atoms with Gasteiger partial charge in [0.25, 0.3) is 0 Å². The minimum Gasteiger partial charge on any atom is -0.476 e. The van der Waals surface area contributed by atoms with Crippen molar-refractivity contribution in [2.45, 2.75) is 19.9 Å². The second kappa shape index (κ2) is 6.97. The van der Waals surface area contributed by atoms with Crippen molar-refractivity contribution in [2.75, 3.05) is 26.9 Å². The average Bonchev–Trinajstić information content (AvgIpc) is 2.71. The third-order valence-corrected chi connectivity index (χ3v) is 2.25. The van der Waals surface area contributed by atoms with E-state index in [0.717, 1.165) is 0 Å². The fourth-order valence-corrected chi connectivity index (χ4v) is 1.42. The molecule has 7 nitrogen and oxygen atoms in total. The van der Waals surface area contributed by atoms with Crippen molar-refractivity contribution < 1.29 is 19.4 Å². The van der Waals surface area contributed by atoms with Crippen molar-refractivity contribution in [2.24, 2.45) is 0 Å². The fourth-order valence-electron chi connectivity index (χ4n) is 1.42. The Hall–Kier alpha value is -1.47. The Balaban J connectivity index is 2.50. The summed E-state index contributed by atoms with van der Waals surface area (Å²) in [5.74, 6) is -1.05. The maximum Gasteiger partial charge on any atom is 0.358 e. The van der Waals surface area contributed by atoms with Gasteiger partial charge in [0.15, 0.2) is 5.69 Å². The van der Waals surface area contributed by atoms with E-state index in [0.29, 0.717) is 38.5 Å². The Bertz CT molecular complexity index is 364. The minimum absolute atomic E-state index is 0.0180. The molecule has 0 radical (unpaired) electrons.